The molecule has 0 fully saturated rings. The van der Waals surface area contributed by atoms with Crippen molar-refractivity contribution in [3.05, 3.63) is 58.4 Å². The quantitative estimate of drug-likeness (QED) is 0.840. The predicted octanol–water partition coefficient (Wildman–Crippen LogP) is 4.95. The zero-order valence-electron chi connectivity index (χ0n) is 12.0. The first-order chi connectivity index (χ1) is 9.47. The molecule has 1 N–H and O–H groups in total. The summed E-state index contributed by atoms with van der Waals surface area (Å²) in [7, 11) is 0. The van der Waals surface area contributed by atoms with Gasteiger partial charge in [0, 0.05) is 17.6 Å². The van der Waals surface area contributed by atoms with E-state index in [1.54, 1.807) is 6.07 Å². The predicted molar refractivity (Wildman–Crippen MR) is 83.6 cm³/mol. The molecule has 0 heterocycles. The van der Waals surface area contributed by atoms with Crippen molar-refractivity contribution in [3.8, 4) is 11.1 Å². The van der Waals surface area contributed by atoms with Gasteiger partial charge in [0.15, 0.2) is 0 Å². The van der Waals surface area contributed by atoms with Crippen LogP contribution in [0.25, 0.3) is 11.1 Å². The fourth-order valence-corrected chi connectivity index (χ4v) is 2.37. The van der Waals surface area contributed by atoms with Crippen LogP contribution in [-0.2, 0) is 6.54 Å². The minimum Gasteiger partial charge on any atom is -0.310 e. The van der Waals surface area contributed by atoms with Crippen LogP contribution in [-0.4, -0.2) is 6.04 Å². The summed E-state index contributed by atoms with van der Waals surface area (Å²) in [4.78, 5) is 0. The maximum atomic E-state index is 13.1. The Hall–Kier alpha value is -1.38. The molecule has 0 aliphatic heterocycles. The van der Waals surface area contributed by atoms with Gasteiger partial charge < -0.3 is 5.32 Å². The molecular formula is C17H19ClFN. The molecule has 3 heteroatoms. The summed E-state index contributed by atoms with van der Waals surface area (Å²) in [6, 6.07) is 11.2. The molecule has 0 aliphatic carbocycles. The van der Waals surface area contributed by atoms with Gasteiger partial charge >= 0.3 is 0 Å². The Kier molecular flexibility index (Phi) is 4.79. The van der Waals surface area contributed by atoms with Gasteiger partial charge in [0.2, 0.25) is 0 Å². The number of halogens is 2. The highest BCUT2D eigenvalue weighted by Gasteiger charge is 2.07. The molecule has 0 saturated heterocycles. The van der Waals surface area contributed by atoms with Crippen molar-refractivity contribution in [2.24, 2.45) is 0 Å². The first-order valence-electron chi connectivity index (χ1n) is 6.75. The first kappa shape index (κ1) is 15.0. The minimum atomic E-state index is -0.213. The van der Waals surface area contributed by atoms with Gasteiger partial charge in [-0.2, -0.15) is 0 Å². The topological polar surface area (TPSA) is 12.0 Å². The highest BCUT2D eigenvalue weighted by atomic mass is 35.5. The van der Waals surface area contributed by atoms with E-state index >= 15 is 0 Å². The van der Waals surface area contributed by atoms with Crippen LogP contribution in [0.3, 0.4) is 0 Å². The van der Waals surface area contributed by atoms with Gasteiger partial charge in [-0.15, -0.1) is 0 Å². The third-order valence-corrected chi connectivity index (χ3v) is 3.61. The number of rotatable bonds is 4. The van der Waals surface area contributed by atoms with Crippen molar-refractivity contribution in [3.63, 3.8) is 0 Å². The molecule has 0 radical (unpaired) electrons. The fourth-order valence-electron chi connectivity index (χ4n) is 2.12. The minimum absolute atomic E-state index is 0.213. The van der Waals surface area contributed by atoms with Crippen molar-refractivity contribution >= 4 is 11.6 Å². The van der Waals surface area contributed by atoms with E-state index in [4.69, 9.17) is 11.6 Å². The van der Waals surface area contributed by atoms with Crippen LogP contribution in [0.15, 0.2) is 36.4 Å². The van der Waals surface area contributed by atoms with E-state index in [0.717, 1.165) is 33.8 Å². The van der Waals surface area contributed by atoms with Crippen molar-refractivity contribution in [2.45, 2.75) is 33.4 Å². The lowest BCUT2D eigenvalue weighted by atomic mass is 9.99. The molecule has 0 aromatic heterocycles. The molecule has 2 aromatic rings. The second kappa shape index (κ2) is 6.38. The summed E-state index contributed by atoms with van der Waals surface area (Å²) in [5.41, 5.74) is 4.01. The lowest BCUT2D eigenvalue weighted by Gasteiger charge is -2.12. The molecule has 20 heavy (non-hydrogen) atoms. The third kappa shape index (κ3) is 3.59. The van der Waals surface area contributed by atoms with Gasteiger partial charge in [0.05, 0.1) is 0 Å². The Balaban J connectivity index is 2.28. The Morgan fingerprint density at radius 1 is 1.15 bits per heavy atom. The van der Waals surface area contributed by atoms with Crippen molar-refractivity contribution in [1.29, 1.82) is 0 Å². The van der Waals surface area contributed by atoms with E-state index in [1.165, 1.54) is 12.1 Å². The monoisotopic (exact) mass is 291 g/mol. The lowest BCUT2D eigenvalue weighted by molar-refractivity contribution is 0.589. The SMILES string of the molecule is Cc1cc(F)ccc1-c1ccc(CNC(C)C)c(Cl)c1. The van der Waals surface area contributed by atoms with E-state index in [-0.39, 0.29) is 5.82 Å². The first-order valence-corrected chi connectivity index (χ1v) is 7.13. The van der Waals surface area contributed by atoms with Crippen LogP contribution in [0.4, 0.5) is 4.39 Å². The van der Waals surface area contributed by atoms with Crippen LogP contribution in [0.5, 0.6) is 0 Å². The molecular weight excluding hydrogens is 273 g/mol. The number of benzene rings is 2. The van der Waals surface area contributed by atoms with Crippen LogP contribution in [0.2, 0.25) is 5.02 Å². The van der Waals surface area contributed by atoms with Gasteiger partial charge in [-0.3, -0.25) is 0 Å². The van der Waals surface area contributed by atoms with E-state index < -0.39 is 0 Å². The number of nitrogens with one attached hydrogen (secondary N) is 1. The highest BCUT2D eigenvalue weighted by molar-refractivity contribution is 6.31. The Morgan fingerprint density at radius 2 is 1.90 bits per heavy atom. The summed E-state index contributed by atoms with van der Waals surface area (Å²) in [6.07, 6.45) is 0. The van der Waals surface area contributed by atoms with Crippen LogP contribution in [0.1, 0.15) is 25.0 Å². The smallest absolute Gasteiger partial charge is 0.123 e. The largest absolute Gasteiger partial charge is 0.310 e. The fraction of sp³-hybridized carbons (Fsp3) is 0.294. The molecule has 106 valence electrons. The van der Waals surface area contributed by atoms with E-state index in [2.05, 4.69) is 19.2 Å². The van der Waals surface area contributed by atoms with Gasteiger partial charge in [-0.25, -0.2) is 4.39 Å². The normalized spacial score (nSPS) is 11.1. The second-order valence-corrected chi connectivity index (χ2v) is 5.71. The molecule has 0 saturated carbocycles. The zero-order chi connectivity index (χ0) is 14.7. The molecule has 2 aromatic carbocycles. The van der Waals surface area contributed by atoms with Crippen LogP contribution >= 0.6 is 11.6 Å². The molecule has 2 rings (SSSR count). The third-order valence-electron chi connectivity index (χ3n) is 3.25. The Bertz CT molecular complexity index is 608. The van der Waals surface area contributed by atoms with Crippen molar-refractivity contribution in [2.75, 3.05) is 0 Å². The maximum absolute atomic E-state index is 13.1. The number of aryl methyl sites for hydroxylation is 1. The highest BCUT2D eigenvalue weighted by Crippen LogP contribution is 2.28. The summed E-state index contributed by atoms with van der Waals surface area (Å²) >= 11 is 6.33. The standard InChI is InChI=1S/C17H19ClFN/c1-11(2)20-10-14-5-4-13(9-17(14)18)16-7-6-15(19)8-12(16)3/h4-9,11,20H,10H2,1-3H3. The Morgan fingerprint density at radius 3 is 2.50 bits per heavy atom. The summed E-state index contributed by atoms with van der Waals surface area (Å²) in [5, 5.41) is 4.08. The van der Waals surface area contributed by atoms with Gasteiger partial charge in [0.25, 0.3) is 0 Å². The summed E-state index contributed by atoms with van der Waals surface area (Å²) in [6.45, 7) is 6.86. The molecule has 1 nitrogen and oxygen atoms in total. The zero-order valence-corrected chi connectivity index (χ0v) is 12.8. The molecule has 0 aliphatic rings. The lowest BCUT2D eigenvalue weighted by Crippen LogP contribution is -2.21. The van der Waals surface area contributed by atoms with E-state index in [9.17, 15) is 4.39 Å². The maximum Gasteiger partial charge on any atom is 0.123 e. The summed E-state index contributed by atoms with van der Waals surface area (Å²) in [5.74, 6) is -0.213. The molecule has 0 atom stereocenters. The molecule has 0 bridgehead atoms. The number of hydrogen-bond acceptors (Lipinski definition) is 1. The average Bonchev–Trinajstić information content (AvgIpc) is 2.37. The van der Waals surface area contributed by atoms with Crippen molar-refractivity contribution < 1.29 is 4.39 Å². The molecule has 0 amide bonds. The molecule has 0 unspecified atom stereocenters. The van der Waals surface area contributed by atoms with Crippen LogP contribution < -0.4 is 5.32 Å². The van der Waals surface area contributed by atoms with Gasteiger partial charge in [-0.1, -0.05) is 43.6 Å². The van der Waals surface area contributed by atoms with Crippen molar-refractivity contribution in [1.82, 2.24) is 5.32 Å². The van der Waals surface area contributed by atoms with Gasteiger partial charge in [-0.05, 0) is 47.4 Å². The van der Waals surface area contributed by atoms with Gasteiger partial charge in [0.1, 0.15) is 5.82 Å². The molecule has 0 spiro atoms. The van der Waals surface area contributed by atoms with Crippen LogP contribution in [0, 0.1) is 12.7 Å². The summed E-state index contributed by atoms with van der Waals surface area (Å²) < 4.78 is 13.1. The number of hydrogen-bond donors (Lipinski definition) is 1. The average molecular weight is 292 g/mol. The van der Waals surface area contributed by atoms with E-state index in [0.29, 0.717) is 6.04 Å². The Labute approximate surface area is 124 Å². The second-order valence-electron chi connectivity index (χ2n) is 5.30. The van der Waals surface area contributed by atoms with E-state index in [1.807, 2.05) is 25.1 Å².